The molecule has 0 radical (unpaired) electrons. The van der Waals surface area contributed by atoms with Crippen molar-refractivity contribution in [2.75, 3.05) is 18.1 Å². The van der Waals surface area contributed by atoms with Gasteiger partial charge in [0.25, 0.3) is 0 Å². The summed E-state index contributed by atoms with van der Waals surface area (Å²) in [6.45, 7) is 4.30. The monoisotopic (exact) mass is 264 g/mol. The van der Waals surface area contributed by atoms with Crippen LogP contribution in [0.15, 0.2) is 0 Å². The summed E-state index contributed by atoms with van der Waals surface area (Å²) in [7, 11) is 0. The van der Waals surface area contributed by atoms with Gasteiger partial charge in [-0.05, 0) is 38.2 Å². The maximum Gasteiger partial charge on any atom is 0.163 e. The SMILES string of the molecule is CC1(C)OC[C@H]([C@@H](O)CC2SCCCS2)O1. The van der Waals surface area contributed by atoms with E-state index in [1.54, 1.807) is 0 Å². The third kappa shape index (κ3) is 3.53. The van der Waals surface area contributed by atoms with Crippen molar-refractivity contribution in [1.82, 2.24) is 0 Å². The number of hydrogen-bond acceptors (Lipinski definition) is 5. The van der Waals surface area contributed by atoms with Gasteiger partial charge in [-0.1, -0.05) is 0 Å². The fourth-order valence-electron chi connectivity index (χ4n) is 1.93. The Balaban J connectivity index is 1.77. The van der Waals surface area contributed by atoms with Crippen molar-refractivity contribution in [3.63, 3.8) is 0 Å². The van der Waals surface area contributed by atoms with Gasteiger partial charge in [0.05, 0.1) is 17.3 Å². The second kappa shape index (κ2) is 5.48. The van der Waals surface area contributed by atoms with E-state index in [2.05, 4.69) is 0 Å². The minimum absolute atomic E-state index is 0.155. The topological polar surface area (TPSA) is 38.7 Å². The predicted octanol–water partition coefficient (Wildman–Crippen LogP) is 2.09. The van der Waals surface area contributed by atoms with Crippen LogP contribution in [0.5, 0.6) is 0 Å². The van der Waals surface area contributed by atoms with Crippen LogP contribution in [0.2, 0.25) is 0 Å². The molecule has 1 N–H and O–H groups in total. The predicted molar refractivity (Wildman–Crippen MR) is 68.8 cm³/mol. The lowest BCUT2D eigenvalue weighted by Crippen LogP contribution is -2.32. The highest BCUT2D eigenvalue weighted by atomic mass is 32.2. The van der Waals surface area contributed by atoms with Gasteiger partial charge in [-0.2, -0.15) is 0 Å². The van der Waals surface area contributed by atoms with E-state index in [-0.39, 0.29) is 6.10 Å². The van der Waals surface area contributed by atoms with Crippen LogP contribution in [0.1, 0.15) is 26.7 Å². The van der Waals surface area contributed by atoms with Gasteiger partial charge in [0, 0.05) is 0 Å². The zero-order chi connectivity index (χ0) is 11.6. The van der Waals surface area contributed by atoms with E-state index < -0.39 is 11.9 Å². The van der Waals surface area contributed by atoms with Gasteiger partial charge in [-0.15, -0.1) is 23.5 Å². The standard InChI is InChI=1S/C11H20O3S2/c1-11(2)13-7-9(14-11)8(12)6-10-15-4-3-5-16-10/h8-10,12H,3-7H2,1-2H3/t8-,9+/m0/s1. The molecule has 5 heteroatoms. The highest BCUT2D eigenvalue weighted by molar-refractivity contribution is 8.17. The molecular formula is C11H20O3S2. The van der Waals surface area contributed by atoms with E-state index in [4.69, 9.17) is 9.47 Å². The summed E-state index contributed by atoms with van der Waals surface area (Å²) in [4.78, 5) is 0. The Morgan fingerprint density at radius 3 is 2.62 bits per heavy atom. The zero-order valence-electron chi connectivity index (χ0n) is 9.85. The Morgan fingerprint density at radius 1 is 1.38 bits per heavy atom. The molecular weight excluding hydrogens is 244 g/mol. The molecule has 2 atom stereocenters. The van der Waals surface area contributed by atoms with Crippen molar-refractivity contribution in [2.24, 2.45) is 0 Å². The van der Waals surface area contributed by atoms with Crippen molar-refractivity contribution >= 4 is 23.5 Å². The number of hydrogen-bond donors (Lipinski definition) is 1. The fourth-order valence-corrected chi connectivity index (χ4v) is 4.89. The molecule has 0 bridgehead atoms. The third-order valence-electron chi connectivity index (χ3n) is 2.79. The molecule has 0 aliphatic carbocycles. The first-order valence-electron chi connectivity index (χ1n) is 5.80. The summed E-state index contributed by atoms with van der Waals surface area (Å²) in [5, 5.41) is 10.1. The minimum Gasteiger partial charge on any atom is -0.390 e. The Kier molecular flexibility index (Phi) is 4.46. The van der Waals surface area contributed by atoms with Crippen LogP contribution in [-0.4, -0.2) is 45.8 Å². The van der Waals surface area contributed by atoms with Gasteiger partial charge in [-0.25, -0.2) is 0 Å². The van der Waals surface area contributed by atoms with Crippen LogP contribution < -0.4 is 0 Å². The number of rotatable bonds is 3. The summed E-state index contributed by atoms with van der Waals surface area (Å²) in [6, 6.07) is 0. The summed E-state index contributed by atoms with van der Waals surface area (Å²) in [5.41, 5.74) is 0. The minimum atomic E-state index is -0.529. The lowest BCUT2D eigenvalue weighted by molar-refractivity contribution is -0.151. The number of aliphatic hydroxyl groups excluding tert-OH is 1. The van der Waals surface area contributed by atoms with Crippen LogP contribution in [0.4, 0.5) is 0 Å². The molecule has 3 nitrogen and oxygen atoms in total. The Labute approximate surface area is 106 Å². The third-order valence-corrected chi connectivity index (χ3v) is 5.78. The lowest BCUT2D eigenvalue weighted by Gasteiger charge is -2.26. The first-order chi connectivity index (χ1) is 7.57. The maximum absolute atomic E-state index is 10.1. The van der Waals surface area contributed by atoms with Crippen LogP contribution in [0.3, 0.4) is 0 Å². The molecule has 0 unspecified atom stereocenters. The average molecular weight is 264 g/mol. The van der Waals surface area contributed by atoms with E-state index in [9.17, 15) is 5.11 Å². The molecule has 0 aromatic heterocycles. The maximum atomic E-state index is 10.1. The van der Waals surface area contributed by atoms with Gasteiger partial charge in [-0.3, -0.25) is 0 Å². The molecule has 2 aliphatic rings. The molecule has 2 rings (SSSR count). The Hall–Kier alpha value is 0.580. The van der Waals surface area contributed by atoms with Gasteiger partial charge in [0.1, 0.15) is 6.10 Å². The molecule has 2 saturated heterocycles. The summed E-state index contributed by atoms with van der Waals surface area (Å²) < 4.78 is 11.7. The zero-order valence-corrected chi connectivity index (χ0v) is 11.5. The first kappa shape index (κ1) is 13.0. The van der Waals surface area contributed by atoms with E-state index >= 15 is 0 Å². The molecule has 0 aromatic carbocycles. The van der Waals surface area contributed by atoms with Gasteiger partial charge in [0.2, 0.25) is 0 Å². The average Bonchev–Trinajstić information content (AvgIpc) is 2.60. The quantitative estimate of drug-likeness (QED) is 0.845. The Morgan fingerprint density at radius 2 is 2.06 bits per heavy atom. The van der Waals surface area contributed by atoms with Crippen molar-refractivity contribution in [1.29, 1.82) is 0 Å². The fraction of sp³-hybridized carbons (Fsp3) is 1.00. The lowest BCUT2D eigenvalue weighted by atomic mass is 10.2. The van der Waals surface area contributed by atoms with E-state index in [1.165, 1.54) is 17.9 Å². The molecule has 0 saturated carbocycles. The highest BCUT2D eigenvalue weighted by Gasteiger charge is 2.37. The van der Waals surface area contributed by atoms with Gasteiger partial charge in [0.15, 0.2) is 5.79 Å². The molecule has 16 heavy (non-hydrogen) atoms. The molecule has 2 heterocycles. The second-order valence-corrected chi connectivity index (χ2v) is 7.61. The molecule has 94 valence electrons. The van der Waals surface area contributed by atoms with Gasteiger partial charge < -0.3 is 14.6 Å². The van der Waals surface area contributed by atoms with Crippen molar-refractivity contribution in [2.45, 2.75) is 49.3 Å². The van der Waals surface area contributed by atoms with Crippen LogP contribution in [-0.2, 0) is 9.47 Å². The van der Waals surface area contributed by atoms with Crippen LogP contribution >= 0.6 is 23.5 Å². The largest absolute Gasteiger partial charge is 0.390 e. The van der Waals surface area contributed by atoms with Crippen molar-refractivity contribution < 1.29 is 14.6 Å². The van der Waals surface area contributed by atoms with Crippen LogP contribution in [0, 0.1) is 0 Å². The molecule has 2 fully saturated rings. The van der Waals surface area contributed by atoms with E-state index in [1.807, 2.05) is 37.4 Å². The second-order valence-electron chi connectivity index (χ2n) is 4.69. The first-order valence-corrected chi connectivity index (χ1v) is 7.90. The number of aliphatic hydroxyl groups is 1. The van der Waals surface area contributed by atoms with Crippen LogP contribution in [0.25, 0.3) is 0 Å². The smallest absolute Gasteiger partial charge is 0.163 e. The molecule has 2 aliphatic heterocycles. The summed E-state index contributed by atoms with van der Waals surface area (Å²) in [5.74, 6) is 1.91. The molecule has 0 spiro atoms. The highest BCUT2D eigenvalue weighted by Crippen LogP contribution is 2.35. The van der Waals surface area contributed by atoms with Crippen molar-refractivity contribution in [3.8, 4) is 0 Å². The van der Waals surface area contributed by atoms with Gasteiger partial charge >= 0.3 is 0 Å². The number of ether oxygens (including phenoxy) is 2. The summed E-state index contributed by atoms with van der Waals surface area (Å²) >= 11 is 3.91. The molecule has 0 aromatic rings. The normalized spacial score (nSPS) is 32.8. The van der Waals surface area contributed by atoms with E-state index in [0.717, 1.165) is 6.42 Å². The molecule has 0 amide bonds. The summed E-state index contributed by atoms with van der Waals surface area (Å²) in [6.07, 6.45) is 1.54. The van der Waals surface area contributed by atoms with E-state index in [0.29, 0.717) is 11.2 Å². The Bertz CT molecular complexity index is 229. The number of thioether (sulfide) groups is 2. The van der Waals surface area contributed by atoms with Crippen molar-refractivity contribution in [3.05, 3.63) is 0 Å².